The van der Waals surface area contributed by atoms with Crippen LogP contribution in [-0.2, 0) is 23.1 Å². The third-order valence-electron chi connectivity index (χ3n) is 5.29. The van der Waals surface area contributed by atoms with Crippen molar-refractivity contribution >= 4 is 15.9 Å². The van der Waals surface area contributed by atoms with Crippen LogP contribution in [0, 0.1) is 12.8 Å². The average Bonchev–Trinajstić information content (AvgIpc) is 3.12. The van der Waals surface area contributed by atoms with Crippen molar-refractivity contribution in [2.24, 2.45) is 5.92 Å². The summed E-state index contributed by atoms with van der Waals surface area (Å²) in [4.78, 5) is 12.9. The van der Waals surface area contributed by atoms with E-state index < -0.39 is 15.9 Å². The van der Waals surface area contributed by atoms with E-state index in [-0.39, 0.29) is 10.6 Å². The number of benzene rings is 1. The Morgan fingerprint density at radius 3 is 2.66 bits per heavy atom. The van der Waals surface area contributed by atoms with Gasteiger partial charge in [0.1, 0.15) is 0 Å². The molecule has 1 N–H and O–H groups in total. The summed E-state index contributed by atoms with van der Waals surface area (Å²) >= 11 is 0. The maximum atomic E-state index is 13.2. The minimum absolute atomic E-state index is 0.115. The molecule has 2 heterocycles. The molecule has 0 radical (unpaired) electrons. The lowest BCUT2D eigenvalue weighted by Gasteiger charge is -2.28. The van der Waals surface area contributed by atoms with E-state index >= 15 is 0 Å². The van der Waals surface area contributed by atoms with Gasteiger partial charge in [-0.25, -0.2) is 8.42 Å². The van der Waals surface area contributed by atoms with Gasteiger partial charge in [0.05, 0.1) is 5.56 Å². The van der Waals surface area contributed by atoms with Gasteiger partial charge < -0.3 is 5.32 Å². The van der Waals surface area contributed by atoms with Gasteiger partial charge in [-0.15, -0.1) is 0 Å². The number of nitrogens with one attached hydrogen (secondary N) is 1. The van der Waals surface area contributed by atoms with Crippen molar-refractivity contribution in [1.29, 1.82) is 0 Å². The van der Waals surface area contributed by atoms with Crippen LogP contribution in [0.1, 0.15) is 54.6 Å². The predicted octanol–water partition coefficient (Wildman–Crippen LogP) is 2.95. The van der Waals surface area contributed by atoms with Crippen molar-refractivity contribution < 1.29 is 13.2 Å². The molecular weight excluding hydrogens is 388 g/mol. The fraction of sp³-hybridized carbons (Fsp3) is 0.524. The predicted molar refractivity (Wildman–Crippen MR) is 112 cm³/mol. The minimum Gasteiger partial charge on any atom is -0.348 e. The topological polar surface area (TPSA) is 84.3 Å². The number of hydrogen-bond donors (Lipinski definition) is 1. The summed E-state index contributed by atoms with van der Waals surface area (Å²) in [6.07, 6.45) is 3.99. The second kappa shape index (κ2) is 9.09. The molecule has 1 aliphatic rings. The largest absolute Gasteiger partial charge is 0.348 e. The van der Waals surface area contributed by atoms with Crippen LogP contribution >= 0.6 is 0 Å². The lowest BCUT2D eigenvalue weighted by molar-refractivity contribution is 0.0947. The molecule has 29 heavy (non-hydrogen) atoms. The first-order valence-corrected chi connectivity index (χ1v) is 11.7. The smallest absolute Gasteiger partial charge is 0.263 e. The monoisotopic (exact) mass is 418 g/mol. The van der Waals surface area contributed by atoms with Crippen molar-refractivity contribution in [3.63, 3.8) is 0 Å². The summed E-state index contributed by atoms with van der Waals surface area (Å²) in [5.74, 6) is 0.0917. The Bertz CT molecular complexity index is 960. The van der Waals surface area contributed by atoms with E-state index in [1.807, 2.05) is 38.1 Å². The van der Waals surface area contributed by atoms with E-state index in [0.29, 0.717) is 32.1 Å². The van der Waals surface area contributed by atoms with E-state index in [1.165, 1.54) is 4.31 Å². The molecule has 1 aromatic heterocycles. The zero-order chi connectivity index (χ0) is 21.0. The molecule has 0 bridgehead atoms. The Kier molecular flexibility index (Phi) is 6.74. The maximum absolute atomic E-state index is 13.2. The van der Waals surface area contributed by atoms with Crippen LogP contribution in [0.2, 0.25) is 0 Å². The molecule has 7 nitrogen and oxygen atoms in total. The highest BCUT2D eigenvalue weighted by atomic mass is 32.2. The number of aromatic nitrogens is 2. The van der Waals surface area contributed by atoms with Gasteiger partial charge in [-0.2, -0.15) is 9.40 Å². The quantitative estimate of drug-likeness (QED) is 0.749. The van der Waals surface area contributed by atoms with Crippen LogP contribution in [-0.4, -0.2) is 41.5 Å². The van der Waals surface area contributed by atoms with E-state index in [0.717, 1.165) is 30.4 Å². The Labute approximate surface area is 173 Å². The molecule has 0 aliphatic carbocycles. The molecule has 2 aromatic rings. The van der Waals surface area contributed by atoms with Crippen LogP contribution in [0.5, 0.6) is 0 Å². The molecule has 158 valence electrons. The minimum atomic E-state index is -3.81. The molecule has 1 fully saturated rings. The van der Waals surface area contributed by atoms with Gasteiger partial charge in [0.15, 0.2) is 0 Å². The number of piperidine rings is 1. The second-order valence-electron chi connectivity index (χ2n) is 7.87. The van der Waals surface area contributed by atoms with Crippen molar-refractivity contribution in [2.45, 2.75) is 58.1 Å². The molecule has 1 amide bonds. The number of carbonyl (C=O) groups is 1. The lowest BCUT2D eigenvalue weighted by atomic mass is 10.0. The first kappa shape index (κ1) is 21.5. The maximum Gasteiger partial charge on any atom is 0.263 e. The van der Waals surface area contributed by atoms with Crippen molar-refractivity contribution in [2.75, 3.05) is 13.1 Å². The SMILES string of the molecule is CCCn1cc(C(=O)NCc2cccc(C)c2)c(S(=O)(=O)N2CCC(C)CC2)n1. The van der Waals surface area contributed by atoms with Gasteiger partial charge in [-0.3, -0.25) is 9.48 Å². The van der Waals surface area contributed by atoms with Gasteiger partial charge in [-0.1, -0.05) is 43.7 Å². The molecule has 8 heteroatoms. The Morgan fingerprint density at radius 1 is 1.28 bits per heavy atom. The number of nitrogens with zero attached hydrogens (tertiary/aromatic N) is 3. The molecular formula is C21H30N4O3S. The summed E-state index contributed by atoms with van der Waals surface area (Å²) in [6, 6.07) is 7.85. The highest BCUT2D eigenvalue weighted by Gasteiger charge is 2.34. The zero-order valence-electron chi connectivity index (χ0n) is 17.4. The zero-order valence-corrected chi connectivity index (χ0v) is 18.2. The molecule has 1 saturated heterocycles. The fourth-order valence-electron chi connectivity index (χ4n) is 3.54. The van der Waals surface area contributed by atoms with Crippen LogP contribution < -0.4 is 5.32 Å². The number of amides is 1. The highest BCUT2D eigenvalue weighted by molar-refractivity contribution is 7.89. The molecule has 0 unspecified atom stereocenters. The third kappa shape index (κ3) is 5.05. The van der Waals surface area contributed by atoms with E-state index in [1.54, 1.807) is 10.9 Å². The second-order valence-corrected chi connectivity index (χ2v) is 9.72. The average molecular weight is 419 g/mol. The normalized spacial score (nSPS) is 16.1. The molecule has 0 atom stereocenters. The summed E-state index contributed by atoms with van der Waals surface area (Å²) in [5, 5.41) is 6.99. The van der Waals surface area contributed by atoms with Crippen molar-refractivity contribution in [3.8, 4) is 0 Å². The Hall–Kier alpha value is -2.19. The number of rotatable bonds is 7. The summed E-state index contributed by atoms with van der Waals surface area (Å²) in [6.45, 7) is 7.93. The molecule has 0 spiro atoms. The number of aryl methyl sites for hydroxylation is 2. The Balaban J connectivity index is 1.84. The summed E-state index contributed by atoms with van der Waals surface area (Å²) in [5.41, 5.74) is 2.19. The van der Waals surface area contributed by atoms with E-state index in [9.17, 15) is 13.2 Å². The Morgan fingerprint density at radius 2 is 2.00 bits per heavy atom. The van der Waals surface area contributed by atoms with Gasteiger partial charge in [0.25, 0.3) is 15.9 Å². The van der Waals surface area contributed by atoms with Gasteiger partial charge >= 0.3 is 0 Å². The van der Waals surface area contributed by atoms with E-state index in [2.05, 4.69) is 17.3 Å². The van der Waals surface area contributed by atoms with Crippen LogP contribution in [0.4, 0.5) is 0 Å². The first-order valence-electron chi connectivity index (χ1n) is 10.2. The summed E-state index contributed by atoms with van der Waals surface area (Å²) < 4.78 is 29.5. The van der Waals surface area contributed by atoms with Gasteiger partial charge in [-0.05, 0) is 37.7 Å². The fourth-order valence-corrected chi connectivity index (χ4v) is 5.11. The molecule has 3 rings (SSSR count). The highest BCUT2D eigenvalue weighted by Crippen LogP contribution is 2.25. The summed E-state index contributed by atoms with van der Waals surface area (Å²) in [7, 11) is -3.81. The molecule has 0 saturated carbocycles. The van der Waals surface area contributed by atoms with E-state index in [4.69, 9.17) is 0 Å². The number of carbonyl (C=O) groups excluding carboxylic acids is 1. The molecule has 1 aliphatic heterocycles. The van der Waals surface area contributed by atoms with Crippen molar-refractivity contribution in [1.82, 2.24) is 19.4 Å². The van der Waals surface area contributed by atoms with Gasteiger partial charge in [0, 0.05) is 32.4 Å². The van der Waals surface area contributed by atoms with Crippen LogP contribution in [0.15, 0.2) is 35.5 Å². The lowest BCUT2D eigenvalue weighted by Crippen LogP contribution is -2.39. The van der Waals surface area contributed by atoms with Gasteiger partial charge in [0.2, 0.25) is 5.03 Å². The standard InChI is InChI=1S/C21H30N4O3S/c1-4-10-24-15-19(20(26)22-14-18-7-5-6-17(3)13-18)21(23-24)29(27,28)25-11-8-16(2)9-12-25/h5-7,13,15-16H,4,8-12,14H2,1-3H3,(H,22,26). The van der Waals surface area contributed by atoms with Crippen LogP contribution in [0.25, 0.3) is 0 Å². The van der Waals surface area contributed by atoms with Crippen LogP contribution in [0.3, 0.4) is 0 Å². The third-order valence-corrected chi connectivity index (χ3v) is 7.12. The number of sulfonamides is 1. The molecule has 1 aromatic carbocycles. The first-order chi connectivity index (χ1) is 13.8. The van der Waals surface area contributed by atoms with Crippen molar-refractivity contribution in [3.05, 3.63) is 47.2 Å². The number of hydrogen-bond acceptors (Lipinski definition) is 4.